The quantitative estimate of drug-likeness (QED) is 0.911. The molecule has 104 valence electrons. The first-order valence-electron chi connectivity index (χ1n) is 7.34. The van der Waals surface area contributed by atoms with E-state index in [2.05, 4.69) is 30.1 Å². The molecular formula is C18H21NO. The van der Waals surface area contributed by atoms with Crippen molar-refractivity contribution >= 4 is 5.69 Å². The molecule has 0 aliphatic heterocycles. The number of phenols is 1. The Morgan fingerprint density at radius 3 is 2.55 bits per heavy atom. The van der Waals surface area contributed by atoms with E-state index in [9.17, 15) is 5.11 Å². The van der Waals surface area contributed by atoms with Crippen molar-refractivity contribution in [3.63, 3.8) is 0 Å². The Kier molecular flexibility index (Phi) is 3.64. The number of hydrogen-bond donors (Lipinski definition) is 1. The van der Waals surface area contributed by atoms with Crippen molar-refractivity contribution in [1.82, 2.24) is 0 Å². The molecule has 0 bridgehead atoms. The van der Waals surface area contributed by atoms with Crippen LogP contribution in [-0.2, 0) is 19.4 Å². The third-order valence-electron chi connectivity index (χ3n) is 4.22. The van der Waals surface area contributed by atoms with Crippen LogP contribution in [0.5, 0.6) is 5.75 Å². The van der Waals surface area contributed by atoms with Crippen molar-refractivity contribution in [3.8, 4) is 5.75 Å². The lowest BCUT2D eigenvalue weighted by Gasteiger charge is -2.25. The standard InChI is InChI=1S/C18H21NO/c1-19(15-8-3-2-4-9-15)13-17-16-10-6-5-7-14(16)11-12-18(17)20/h2-4,8-9,11-12,20H,5-7,10,13H2,1H3. The van der Waals surface area contributed by atoms with Crippen molar-refractivity contribution < 1.29 is 5.11 Å². The Labute approximate surface area is 120 Å². The summed E-state index contributed by atoms with van der Waals surface area (Å²) in [6.07, 6.45) is 4.75. The number of aryl methyl sites for hydroxylation is 1. The SMILES string of the molecule is CN(Cc1c(O)ccc2c1CCCC2)c1ccccc1. The van der Waals surface area contributed by atoms with Crippen molar-refractivity contribution in [2.45, 2.75) is 32.2 Å². The second-order valence-electron chi connectivity index (χ2n) is 5.60. The Morgan fingerprint density at radius 2 is 1.75 bits per heavy atom. The molecule has 20 heavy (non-hydrogen) atoms. The second-order valence-corrected chi connectivity index (χ2v) is 5.60. The maximum absolute atomic E-state index is 10.2. The Balaban J connectivity index is 1.91. The molecule has 0 heterocycles. The van der Waals surface area contributed by atoms with Crippen LogP contribution in [0.4, 0.5) is 5.69 Å². The van der Waals surface area contributed by atoms with Crippen LogP contribution in [0.15, 0.2) is 42.5 Å². The molecule has 0 amide bonds. The first kappa shape index (κ1) is 13.0. The molecule has 0 fully saturated rings. The predicted octanol–water partition coefficient (Wildman–Crippen LogP) is 3.91. The average molecular weight is 267 g/mol. The van der Waals surface area contributed by atoms with Gasteiger partial charge < -0.3 is 10.0 Å². The normalized spacial score (nSPS) is 13.8. The number of nitrogens with zero attached hydrogens (tertiary/aromatic N) is 1. The van der Waals surface area contributed by atoms with Gasteiger partial charge in [0.25, 0.3) is 0 Å². The Hall–Kier alpha value is -1.96. The maximum atomic E-state index is 10.2. The van der Waals surface area contributed by atoms with Crippen molar-refractivity contribution in [3.05, 3.63) is 59.2 Å². The average Bonchev–Trinajstić information content (AvgIpc) is 2.51. The molecule has 0 unspecified atom stereocenters. The van der Waals surface area contributed by atoms with Crippen LogP contribution in [-0.4, -0.2) is 12.2 Å². The van der Waals surface area contributed by atoms with E-state index in [1.54, 1.807) is 0 Å². The first-order chi connectivity index (χ1) is 9.75. The highest BCUT2D eigenvalue weighted by Crippen LogP contribution is 2.32. The molecule has 0 saturated carbocycles. The molecule has 0 atom stereocenters. The van der Waals surface area contributed by atoms with E-state index < -0.39 is 0 Å². The van der Waals surface area contributed by atoms with Gasteiger partial charge in [-0.25, -0.2) is 0 Å². The van der Waals surface area contributed by atoms with Crippen LogP contribution in [0.2, 0.25) is 0 Å². The van der Waals surface area contributed by atoms with Crippen molar-refractivity contribution in [2.75, 3.05) is 11.9 Å². The maximum Gasteiger partial charge on any atom is 0.120 e. The molecule has 0 aromatic heterocycles. The van der Waals surface area contributed by atoms with Gasteiger partial charge in [0.15, 0.2) is 0 Å². The van der Waals surface area contributed by atoms with E-state index in [-0.39, 0.29) is 0 Å². The van der Waals surface area contributed by atoms with Gasteiger partial charge in [-0.3, -0.25) is 0 Å². The number of phenolic OH excluding ortho intramolecular Hbond substituents is 1. The summed E-state index contributed by atoms with van der Waals surface area (Å²) in [5.74, 6) is 0.438. The van der Waals surface area contributed by atoms with Crippen LogP contribution in [0.3, 0.4) is 0 Å². The fourth-order valence-corrected chi connectivity index (χ4v) is 3.08. The molecule has 0 spiro atoms. The number of benzene rings is 2. The van der Waals surface area contributed by atoms with Gasteiger partial charge in [0.2, 0.25) is 0 Å². The van der Waals surface area contributed by atoms with Crippen LogP contribution >= 0.6 is 0 Å². The summed E-state index contributed by atoms with van der Waals surface area (Å²) in [6, 6.07) is 14.3. The molecule has 0 radical (unpaired) electrons. The minimum absolute atomic E-state index is 0.438. The molecule has 1 aliphatic carbocycles. The van der Waals surface area contributed by atoms with Gasteiger partial charge in [-0.15, -0.1) is 0 Å². The minimum Gasteiger partial charge on any atom is -0.508 e. The lowest BCUT2D eigenvalue weighted by molar-refractivity contribution is 0.465. The Bertz CT molecular complexity index is 592. The third-order valence-corrected chi connectivity index (χ3v) is 4.22. The van der Waals surface area contributed by atoms with E-state index in [1.165, 1.54) is 29.7 Å². The number of hydrogen-bond acceptors (Lipinski definition) is 2. The van der Waals surface area contributed by atoms with E-state index in [0.29, 0.717) is 5.75 Å². The number of para-hydroxylation sites is 1. The van der Waals surface area contributed by atoms with Crippen LogP contribution in [0.25, 0.3) is 0 Å². The molecule has 2 aromatic carbocycles. The van der Waals surface area contributed by atoms with Crippen LogP contribution in [0, 0.1) is 0 Å². The zero-order valence-corrected chi connectivity index (χ0v) is 12.0. The zero-order valence-electron chi connectivity index (χ0n) is 12.0. The number of anilines is 1. The fourth-order valence-electron chi connectivity index (χ4n) is 3.08. The summed E-state index contributed by atoms with van der Waals surface area (Å²) < 4.78 is 0. The number of fused-ring (bicyclic) bond motifs is 1. The van der Waals surface area contributed by atoms with Gasteiger partial charge in [-0.05, 0) is 55.0 Å². The molecule has 3 rings (SSSR count). The van der Waals surface area contributed by atoms with E-state index in [1.807, 2.05) is 24.3 Å². The highest BCUT2D eigenvalue weighted by Gasteiger charge is 2.17. The number of aromatic hydroxyl groups is 1. The van der Waals surface area contributed by atoms with Crippen molar-refractivity contribution in [1.29, 1.82) is 0 Å². The smallest absolute Gasteiger partial charge is 0.120 e. The first-order valence-corrected chi connectivity index (χ1v) is 7.34. The van der Waals surface area contributed by atoms with Gasteiger partial charge >= 0.3 is 0 Å². The minimum atomic E-state index is 0.438. The second kappa shape index (κ2) is 5.58. The van der Waals surface area contributed by atoms with Gasteiger partial charge in [0.1, 0.15) is 5.75 Å². The predicted molar refractivity (Wildman–Crippen MR) is 83.3 cm³/mol. The zero-order chi connectivity index (χ0) is 13.9. The molecule has 1 aliphatic rings. The number of rotatable bonds is 3. The largest absolute Gasteiger partial charge is 0.508 e. The lowest BCUT2D eigenvalue weighted by Crippen LogP contribution is -2.19. The summed E-state index contributed by atoms with van der Waals surface area (Å²) in [5, 5.41) is 10.2. The highest BCUT2D eigenvalue weighted by atomic mass is 16.3. The van der Waals surface area contributed by atoms with Crippen LogP contribution in [0.1, 0.15) is 29.5 Å². The van der Waals surface area contributed by atoms with E-state index >= 15 is 0 Å². The van der Waals surface area contributed by atoms with Gasteiger partial charge in [-0.1, -0.05) is 24.3 Å². The molecule has 2 aromatic rings. The van der Waals surface area contributed by atoms with Gasteiger partial charge in [-0.2, -0.15) is 0 Å². The van der Waals surface area contributed by atoms with Crippen LogP contribution < -0.4 is 4.90 Å². The Morgan fingerprint density at radius 1 is 1.00 bits per heavy atom. The van der Waals surface area contributed by atoms with Gasteiger partial charge in [0, 0.05) is 24.8 Å². The molecule has 1 N–H and O–H groups in total. The molecule has 0 saturated heterocycles. The summed E-state index contributed by atoms with van der Waals surface area (Å²) in [7, 11) is 2.08. The van der Waals surface area contributed by atoms with Crippen molar-refractivity contribution in [2.24, 2.45) is 0 Å². The fraction of sp³-hybridized carbons (Fsp3) is 0.333. The third kappa shape index (κ3) is 2.51. The van der Waals surface area contributed by atoms with E-state index in [4.69, 9.17) is 0 Å². The van der Waals surface area contributed by atoms with E-state index in [0.717, 1.165) is 24.9 Å². The van der Waals surface area contributed by atoms with Gasteiger partial charge in [0.05, 0.1) is 0 Å². The molecular weight excluding hydrogens is 246 g/mol. The molecule has 2 nitrogen and oxygen atoms in total. The summed E-state index contributed by atoms with van der Waals surface area (Å²) in [4.78, 5) is 2.20. The summed E-state index contributed by atoms with van der Waals surface area (Å²) in [5.41, 5.74) is 5.08. The monoisotopic (exact) mass is 267 g/mol. The lowest BCUT2D eigenvalue weighted by atomic mass is 9.87. The molecule has 2 heteroatoms. The summed E-state index contributed by atoms with van der Waals surface area (Å²) >= 11 is 0. The topological polar surface area (TPSA) is 23.5 Å². The highest BCUT2D eigenvalue weighted by molar-refractivity contribution is 5.51. The summed E-state index contributed by atoms with van der Waals surface area (Å²) in [6.45, 7) is 0.763.